The lowest BCUT2D eigenvalue weighted by molar-refractivity contribution is -0.131. The molecule has 0 spiro atoms. The van der Waals surface area contributed by atoms with Crippen molar-refractivity contribution in [3.8, 4) is 11.5 Å². The van der Waals surface area contributed by atoms with Crippen molar-refractivity contribution in [2.45, 2.75) is 39.8 Å². The zero-order valence-electron chi connectivity index (χ0n) is 18.1. The first kappa shape index (κ1) is 21.2. The molecule has 0 aliphatic carbocycles. The highest BCUT2D eigenvalue weighted by Gasteiger charge is 2.28. The van der Waals surface area contributed by atoms with Gasteiger partial charge in [-0.3, -0.25) is 4.79 Å². The second kappa shape index (κ2) is 8.87. The van der Waals surface area contributed by atoms with E-state index in [2.05, 4.69) is 38.2 Å². The largest absolute Gasteiger partial charge is 0.493 e. The molecular formula is C24H32N2O3. The minimum absolute atomic E-state index is 0.0000504. The van der Waals surface area contributed by atoms with Gasteiger partial charge in [-0.15, -0.1) is 0 Å². The molecule has 29 heavy (non-hydrogen) atoms. The molecular weight excluding hydrogens is 364 g/mol. The van der Waals surface area contributed by atoms with Gasteiger partial charge in [-0.25, -0.2) is 0 Å². The van der Waals surface area contributed by atoms with Crippen LogP contribution < -0.4 is 14.8 Å². The van der Waals surface area contributed by atoms with Crippen molar-refractivity contribution in [3.63, 3.8) is 0 Å². The van der Waals surface area contributed by atoms with E-state index >= 15 is 0 Å². The second-order valence-corrected chi connectivity index (χ2v) is 8.63. The molecule has 0 saturated heterocycles. The van der Waals surface area contributed by atoms with Gasteiger partial charge in [0.05, 0.1) is 20.8 Å². The summed E-state index contributed by atoms with van der Waals surface area (Å²) in [5, 5.41) is 3.50. The van der Waals surface area contributed by atoms with E-state index in [0.717, 1.165) is 17.7 Å². The highest BCUT2D eigenvalue weighted by atomic mass is 16.5. The molecule has 0 saturated carbocycles. The number of nitrogens with zero attached hydrogens (tertiary/aromatic N) is 1. The minimum atomic E-state index is 0.0000504. The van der Waals surface area contributed by atoms with E-state index in [1.807, 2.05) is 35.2 Å². The molecule has 1 N–H and O–H groups in total. The van der Waals surface area contributed by atoms with Crippen LogP contribution in [0, 0.1) is 5.41 Å². The molecule has 5 nitrogen and oxygen atoms in total. The van der Waals surface area contributed by atoms with Gasteiger partial charge in [-0.2, -0.15) is 0 Å². The van der Waals surface area contributed by atoms with Crippen molar-refractivity contribution in [3.05, 3.63) is 59.2 Å². The van der Waals surface area contributed by atoms with E-state index in [-0.39, 0.29) is 17.4 Å². The molecule has 0 fully saturated rings. The third-order valence-corrected chi connectivity index (χ3v) is 5.53. The molecule has 0 bridgehead atoms. The van der Waals surface area contributed by atoms with Gasteiger partial charge >= 0.3 is 0 Å². The summed E-state index contributed by atoms with van der Waals surface area (Å²) < 4.78 is 10.8. The Morgan fingerprint density at radius 1 is 1.07 bits per heavy atom. The summed E-state index contributed by atoms with van der Waals surface area (Å²) in [5.41, 5.74) is 3.54. The average molecular weight is 397 g/mol. The Morgan fingerprint density at radius 3 is 2.28 bits per heavy atom. The van der Waals surface area contributed by atoms with Crippen LogP contribution in [-0.2, 0) is 17.8 Å². The average Bonchev–Trinajstić information content (AvgIpc) is 2.72. The molecule has 1 atom stereocenters. The monoisotopic (exact) mass is 396 g/mol. The first-order chi connectivity index (χ1) is 13.8. The SMILES string of the molecule is COc1cc2c(cc1OC)CN(C(=O)CNC(c1ccccc1)C(C)(C)C)CC2. The van der Waals surface area contributed by atoms with E-state index in [1.165, 1.54) is 11.1 Å². The van der Waals surface area contributed by atoms with Crippen LogP contribution in [0.15, 0.2) is 42.5 Å². The molecule has 0 radical (unpaired) electrons. The smallest absolute Gasteiger partial charge is 0.236 e. The number of nitrogens with one attached hydrogen (secondary N) is 1. The normalized spacial score (nSPS) is 14.9. The summed E-state index contributed by atoms with van der Waals surface area (Å²) in [7, 11) is 3.28. The van der Waals surface area contributed by atoms with Crippen LogP contribution in [0.4, 0.5) is 0 Å². The fourth-order valence-corrected chi connectivity index (χ4v) is 3.97. The Labute approximate surface area is 174 Å². The molecule has 3 rings (SSSR count). The van der Waals surface area contributed by atoms with Crippen molar-refractivity contribution in [1.29, 1.82) is 0 Å². The van der Waals surface area contributed by atoms with E-state index in [0.29, 0.717) is 25.4 Å². The van der Waals surface area contributed by atoms with Gasteiger partial charge in [0, 0.05) is 19.1 Å². The van der Waals surface area contributed by atoms with Crippen molar-refractivity contribution >= 4 is 5.91 Å². The predicted molar refractivity (Wildman–Crippen MR) is 115 cm³/mol. The lowest BCUT2D eigenvalue weighted by Gasteiger charge is -2.34. The van der Waals surface area contributed by atoms with Gasteiger partial charge < -0.3 is 19.7 Å². The van der Waals surface area contributed by atoms with Crippen LogP contribution in [-0.4, -0.2) is 38.1 Å². The maximum Gasteiger partial charge on any atom is 0.236 e. The van der Waals surface area contributed by atoms with Crippen molar-refractivity contribution in [2.75, 3.05) is 27.3 Å². The lowest BCUT2D eigenvalue weighted by Crippen LogP contribution is -2.43. The Bertz CT molecular complexity index is 843. The van der Waals surface area contributed by atoms with Gasteiger partial charge in [0.25, 0.3) is 0 Å². The standard InChI is InChI=1S/C24H32N2O3/c1-24(2,3)23(17-9-7-6-8-10-17)25-15-22(27)26-12-11-18-13-20(28-4)21(29-5)14-19(18)16-26/h6-10,13-14,23,25H,11-12,15-16H2,1-5H3. The summed E-state index contributed by atoms with van der Waals surface area (Å²) in [5.74, 6) is 1.56. The lowest BCUT2D eigenvalue weighted by atomic mass is 9.82. The van der Waals surface area contributed by atoms with Crippen LogP contribution in [0.25, 0.3) is 0 Å². The molecule has 5 heteroatoms. The number of carbonyl (C=O) groups excluding carboxylic acids is 1. The first-order valence-electron chi connectivity index (χ1n) is 10.1. The molecule has 1 aliphatic heterocycles. The zero-order valence-corrected chi connectivity index (χ0v) is 18.1. The summed E-state index contributed by atoms with van der Waals surface area (Å²) in [6.07, 6.45) is 0.822. The number of carbonyl (C=O) groups is 1. The van der Waals surface area contributed by atoms with Crippen LogP contribution >= 0.6 is 0 Å². The number of rotatable bonds is 6. The van der Waals surface area contributed by atoms with Crippen molar-refractivity contribution in [1.82, 2.24) is 10.2 Å². The number of hydrogen-bond acceptors (Lipinski definition) is 4. The maximum absolute atomic E-state index is 13.0. The van der Waals surface area contributed by atoms with E-state index in [4.69, 9.17) is 9.47 Å². The summed E-state index contributed by atoms with van der Waals surface area (Å²) >= 11 is 0. The fourth-order valence-electron chi connectivity index (χ4n) is 3.97. The summed E-state index contributed by atoms with van der Waals surface area (Å²) in [4.78, 5) is 14.9. The first-order valence-corrected chi connectivity index (χ1v) is 10.1. The fraction of sp³-hybridized carbons (Fsp3) is 0.458. The van der Waals surface area contributed by atoms with E-state index in [1.54, 1.807) is 14.2 Å². The second-order valence-electron chi connectivity index (χ2n) is 8.63. The van der Waals surface area contributed by atoms with Gasteiger partial charge in [0.2, 0.25) is 5.91 Å². The van der Waals surface area contributed by atoms with E-state index in [9.17, 15) is 4.79 Å². The van der Waals surface area contributed by atoms with E-state index < -0.39 is 0 Å². The Kier molecular flexibility index (Phi) is 6.48. The Hall–Kier alpha value is -2.53. The van der Waals surface area contributed by atoms with Crippen LogP contribution in [0.2, 0.25) is 0 Å². The summed E-state index contributed by atoms with van der Waals surface area (Å²) in [6, 6.07) is 14.5. The van der Waals surface area contributed by atoms with Gasteiger partial charge in [-0.05, 0) is 40.7 Å². The highest BCUT2D eigenvalue weighted by molar-refractivity contribution is 5.78. The number of amides is 1. The molecule has 1 aliphatic rings. The van der Waals surface area contributed by atoms with Crippen molar-refractivity contribution in [2.24, 2.45) is 5.41 Å². The number of hydrogen-bond donors (Lipinski definition) is 1. The molecule has 1 amide bonds. The van der Waals surface area contributed by atoms with Gasteiger partial charge in [0.15, 0.2) is 11.5 Å². The number of ether oxygens (including phenoxy) is 2. The Balaban J connectivity index is 1.69. The molecule has 156 valence electrons. The molecule has 1 heterocycles. The Morgan fingerprint density at radius 2 is 1.69 bits per heavy atom. The van der Waals surface area contributed by atoms with Gasteiger partial charge in [-0.1, -0.05) is 51.1 Å². The minimum Gasteiger partial charge on any atom is -0.493 e. The molecule has 2 aromatic carbocycles. The highest BCUT2D eigenvalue weighted by Crippen LogP contribution is 2.34. The number of methoxy groups -OCH3 is 2. The third-order valence-electron chi connectivity index (χ3n) is 5.53. The molecule has 1 unspecified atom stereocenters. The van der Waals surface area contributed by atoms with Crippen molar-refractivity contribution < 1.29 is 14.3 Å². The van der Waals surface area contributed by atoms with Gasteiger partial charge in [0.1, 0.15) is 0 Å². The summed E-state index contributed by atoms with van der Waals surface area (Å²) in [6.45, 7) is 8.21. The van der Waals surface area contributed by atoms with Crippen LogP contribution in [0.5, 0.6) is 11.5 Å². The predicted octanol–water partition coefficient (Wildman–Crippen LogP) is 3.97. The zero-order chi connectivity index (χ0) is 21.0. The molecule has 2 aromatic rings. The topological polar surface area (TPSA) is 50.8 Å². The van der Waals surface area contributed by atoms with Crippen LogP contribution in [0.1, 0.15) is 43.5 Å². The maximum atomic E-state index is 13.0. The number of benzene rings is 2. The number of fused-ring (bicyclic) bond motifs is 1. The molecule has 0 aromatic heterocycles. The third kappa shape index (κ3) is 4.91. The van der Waals surface area contributed by atoms with Crippen LogP contribution in [0.3, 0.4) is 0 Å². The quantitative estimate of drug-likeness (QED) is 0.803.